The van der Waals surface area contributed by atoms with E-state index in [4.69, 9.17) is 4.74 Å². The summed E-state index contributed by atoms with van der Waals surface area (Å²) < 4.78 is 43.2. The molecule has 0 atom stereocenters. The maximum atomic E-state index is 12.7. The van der Waals surface area contributed by atoms with Crippen LogP contribution < -0.4 is 10.1 Å². The Morgan fingerprint density at radius 1 is 0.960 bits per heavy atom. The fraction of sp³-hybridized carbons (Fsp3) is 0.125. The van der Waals surface area contributed by atoms with Crippen molar-refractivity contribution in [3.63, 3.8) is 0 Å². The Morgan fingerprint density at radius 2 is 1.72 bits per heavy atom. The number of nitrogens with zero attached hydrogens (tertiary/aromatic N) is 4. The highest BCUT2D eigenvalue weighted by molar-refractivity contribution is 5.62. The number of methoxy groups -OCH3 is 1. The number of hydrogen-bond acceptors (Lipinski definition) is 6. The first-order valence-electron chi connectivity index (χ1n) is 7.09. The van der Waals surface area contributed by atoms with E-state index in [0.717, 1.165) is 17.8 Å². The molecule has 3 rings (SSSR count). The third-order valence-electron chi connectivity index (χ3n) is 3.20. The first-order valence-corrected chi connectivity index (χ1v) is 7.09. The number of nitrogens with one attached hydrogen (secondary N) is 1. The third kappa shape index (κ3) is 4.00. The number of anilines is 2. The van der Waals surface area contributed by atoms with Crippen LogP contribution >= 0.6 is 0 Å². The molecule has 0 saturated carbocycles. The van der Waals surface area contributed by atoms with Gasteiger partial charge in [0.25, 0.3) is 0 Å². The minimum Gasteiger partial charge on any atom is -0.481 e. The van der Waals surface area contributed by atoms with Crippen LogP contribution in [0.15, 0.2) is 48.9 Å². The molecule has 0 amide bonds. The quantitative estimate of drug-likeness (QED) is 0.776. The van der Waals surface area contributed by atoms with E-state index in [1.807, 2.05) is 0 Å². The third-order valence-corrected chi connectivity index (χ3v) is 3.20. The molecule has 3 aromatic rings. The van der Waals surface area contributed by atoms with Crippen molar-refractivity contribution < 1.29 is 17.9 Å². The van der Waals surface area contributed by atoms with E-state index in [2.05, 4.69) is 25.3 Å². The SMILES string of the molecule is COc1cc(-c2ccnc(Nc3ccnc(C(F)(F)F)c3)n2)ccn1. The van der Waals surface area contributed by atoms with Crippen molar-refractivity contribution in [2.24, 2.45) is 0 Å². The standard InChI is InChI=1S/C16H12F3N5O/c1-25-14-8-10(2-5-21-14)12-4-7-22-15(24-12)23-11-3-6-20-13(9-11)16(17,18)19/h2-9H,1H3,(H,20,22,23,24). The molecule has 0 aliphatic heterocycles. The number of alkyl halides is 3. The number of rotatable bonds is 4. The molecule has 0 unspecified atom stereocenters. The predicted octanol–water partition coefficient (Wildman–Crippen LogP) is 3.70. The number of pyridine rings is 2. The second kappa shape index (κ2) is 6.71. The van der Waals surface area contributed by atoms with Gasteiger partial charge in [-0.05, 0) is 24.3 Å². The van der Waals surface area contributed by atoms with Crippen molar-refractivity contribution in [1.29, 1.82) is 0 Å². The predicted molar refractivity (Wildman–Crippen MR) is 84.3 cm³/mol. The number of aromatic nitrogens is 4. The van der Waals surface area contributed by atoms with Crippen LogP contribution in [0.1, 0.15) is 5.69 Å². The molecule has 0 aromatic carbocycles. The van der Waals surface area contributed by atoms with Crippen molar-refractivity contribution in [3.8, 4) is 17.1 Å². The van der Waals surface area contributed by atoms with Crippen molar-refractivity contribution >= 4 is 11.6 Å². The normalized spacial score (nSPS) is 11.2. The lowest BCUT2D eigenvalue weighted by Crippen LogP contribution is -2.08. The highest BCUT2D eigenvalue weighted by atomic mass is 19.4. The molecular weight excluding hydrogens is 335 g/mol. The van der Waals surface area contributed by atoms with E-state index < -0.39 is 11.9 Å². The lowest BCUT2D eigenvalue weighted by Gasteiger charge is -2.09. The van der Waals surface area contributed by atoms with Crippen LogP contribution in [-0.2, 0) is 6.18 Å². The zero-order chi connectivity index (χ0) is 17.9. The lowest BCUT2D eigenvalue weighted by molar-refractivity contribution is -0.141. The molecule has 3 aromatic heterocycles. The first kappa shape index (κ1) is 16.6. The maximum absolute atomic E-state index is 12.7. The fourth-order valence-corrected chi connectivity index (χ4v) is 2.05. The molecule has 0 saturated heterocycles. The van der Waals surface area contributed by atoms with Crippen molar-refractivity contribution in [2.45, 2.75) is 6.18 Å². The van der Waals surface area contributed by atoms with Gasteiger partial charge in [-0.15, -0.1) is 0 Å². The molecular formula is C16H12F3N5O. The number of hydrogen-bond donors (Lipinski definition) is 1. The Hall–Kier alpha value is -3.23. The van der Waals surface area contributed by atoms with Crippen LogP contribution in [0.2, 0.25) is 0 Å². The van der Waals surface area contributed by atoms with E-state index in [1.54, 1.807) is 24.4 Å². The molecule has 0 radical (unpaired) electrons. The van der Waals surface area contributed by atoms with E-state index in [9.17, 15) is 13.2 Å². The average molecular weight is 347 g/mol. The monoisotopic (exact) mass is 347 g/mol. The van der Waals surface area contributed by atoms with Gasteiger partial charge in [-0.25, -0.2) is 15.0 Å². The zero-order valence-electron chi connectivity index (χ0n) is 12.9. The molecule has 0 aliphatic carbocycles. The molecule has 9 heteroatoms. The fourth-order valence-electron chi connectivity index (χ4n) is 2.05. The maximum Gasteiger partial charge on any atom is 0.433 e. The van der Waals surface area contributed by atoms with Gasteiger partial charge in [-0.2, -0.15) is 13.2 Å². The Morgan fingerprint density at radius 3 is 2.48 bits per heavy atom. The highest BCUT2D eigenvalue weighted by Gasteiger charge is 2.32. The molecule has 0 fully saturated rings. The molecule has 0 spiro atoms. The largest absolute Gasteiger partial charge is 0.481 e. The lowest BCUT2D eigenvalue weighted by atomic mass is 10.2. The summed E-state index contributed by atoms with van der Waals surface area (Å²) in [4.78, 5) is 15.6. The van der Waals surface area contributed by atoms with Gasteiger partial charge in [-0.3, -0.25) is 4.98 Å². The second-order valence-electron chi connectivity index (χ2n) is 4.90. The molecule has 0 bridgehead atoms. The minimum atomic E-state index is -4.52. The molecule has 25 heavy (non-hydrogen) atoms. The topological polar surface area (TPSA) is 72.8 Å². The van der Waals surface area contributed by atoms with Crippen LogP contribution in [0, 0.1) is 0 Å². The van der Waals surface area contributed by atoms with Crippen LogP contribution in [0.3, 0.4) is 0 Å². The molecule has 6 nitrogen and oxygen atoms in total. The summed E-state index contributed by atoms with van der Waals surface area (Å²) in [6, 6.07) is 7.41. The van der Waals surface area contributed by atoms with Gasteiger partial charge in [0, 0.05) is 35.9 Å². The highest BCUT2D eigenvalue weighted by Crippen LogP contribution is 2.29. The van der Waals surface area contributed by atoms with E-state index in [0.29, 0.717) is 11.6 Å². The summed E-state index contributed by atoms with van der Waals surface area (Å²) in [6.07, 6.45) is -0.373. The van der Waals surface area contributed by atoms with Crippen LogP contribution in [0.25, 0.3) is 11.3 Å². The summed E-state index contributed by atoms with van der Waals surface area (Å²) in [5.41, 5.74) is 0.505. The van der Waals surface area contributed by atoms with Gasteiger partial charge in [-0.1, -0.05) is 0 Å². The van der Waals surface area contributed by atoms with Gasteiger partial charge >= 0.3 is 6.18 Å². The first-order chi connectivity index (χ1) is 12.0. The van der Waals surface area contributed by atoms with E-state index in [-0.39, 0.29) is 11.6 Å². The van der Waals surface area contributed by atoms with Crippen molar-refractivity contribution in [2.75, 3.05) is 12.4 Å². The van der Waals surface area contributed by atoms with Crippen LogP contribution in [-0.4, -0.2) is 27.0 Å². The summed E-state index contributed by atoms with van der Waals surface area (Å²) >= 11 is 0. The number of halogens is 3. The minimum absolute atomic E-state index is 0.160. The van der Waals surface area contributed by atoms with Gasteiger partial charge in [0.05, 0.1) is 12.8 Å². The average Bonchev–Trinajstić information content (AvgIpc) is 2.61. The second-order valence-corrected chi connectivity index (χ2v) is 4.90. The van der Waals surface area contributed by atoms with Crippen LogP contribution in [0.5, 0.6) is 5.88 Å². The summed E-state index contributed by atoms with van der Waals surface area (Å²) in [7, 11) is 1.50. The van der Waals surface area contributed by atoms with E-state index >= 15 is 0 Å². The Labute approximate surface area is 140 Å². The summed E-state index contributed by atoms with van der Waals surface area (Å²) in [6.45, 7) is 0. The van der Waals surface area contributed by atoms with Gasteiger partial charge in [0.15, 0.2) is 0 Å². The van der Waals surface area contributed by atoms with Crippen molar-refractivity contribution in [3.05, 3.63) is 54.6 Å². The van der Waals surface area contributed by atoms with E-state index in [1.165, 1.54) is 19.4 Å². The molecule has 0 aliphatic rings. The van der Waals surface area contributed by atoms with Crippen LogP contribution in [0.4, 0.5) is 24.8 Å². The van der Waals surface area contributed by atoms with Gasteiger partial charge < -0.3 is 10.1 Å². The Bertz CT molecular complexity index is 885. The molecule has 1 N–H and O–H groups in total. The summed E-state index contributed by atoms with van der Waals surface area (Å²) in [5.74, 6) is 0.585. The molecule has 3 heterocycles. The number of ether oxygens (including phenoxy) is 1. The Kier molecular flexibility index (Phi) is 4.46. The zero-order valence-corrected chi connectivity index (χ0v) is 12.9. The Balaban J connectivity index is 1.87. The van der Waals surface area contributed by atoms with Gasteiger partial charge in [0.2, 0.25) is 11.8 Å². The summed E-state index contributed by atoms with van der Waals surface area (Å²) in [5, 5.41) is 2.75. The van der Waals surface area contributed by atoms with Crippen molar-refractivity contribution in [1.82, 2.24) is 19.9 Å². The van der Waals surface area contributed by atoms with Gasteiger partial charge in [0.1, 0.15) is 5.69 Å². The smallest absolute Gasteiger partial charge is 0.433 e. The molecule has 128 valence electrons.